The zero-order chi connectivity index (χ0) is 18.3. The highest BCUT2D eigenvalue weighted by Crippen LogP contribution is 2.30. The van der Waals surface area contributed by atoms with E-state index < -0.39 is 17.5 Å². The molecule has 1 aliphatic heterocycles. The summed E-state index contributed by atoms with van der Waals surface area (Å²) in [7, 11) is 0. The van der Waals surface area contributed by atoms with Crippen LogP contribution in [-0.4, -0.2) is 21.8 Å². The number of hydrogen-bond acceptors (Lipinski definition) is 5. The second-order valence-electron chi connectivity index (χ2n) is 6.05. The Hall–Kier alpha value is -3.42. The highest BCUT2D eigenvalue weighted by molar-refractivity contribution is 6.06. The summed E-state index contributed by atoms with van der Waals surface area (Å²) in [6.07, 6.45) is 2.90. The van der Waals surface area contributed by atoms with Crippen molar-refractivity contribution in [2.45, 2.75) is 19.0 Å². The molecule has 0 saturated carbocycles. The average Bonchev–Trinajstić information content (AvgIpc) is 3.34. The number of furan rings is 1. The lowest BCUT2D eigenvalue weighted by molar-refractivity contribution is -0.132. The number of halogens is 1. The Morgan fingerprint density at radius 1 is 1.23 bits per heavy atom. The Kier molecular flexibility index (Phi) is 3.61. The van der Waals surface area contributed by atoms with Crippen molar-refractivity contribution < 1.29 is 22.8 Å². The van der Waals surface area contributed by atoms with Crippen LogP contribution in [0, 0.1) is 5.82 Å². The van der Waals surface area contributed by atoms with Crippen molar-refractivity contribution in [2.75, 3.05) is 0 Å². The van der Waals surface area contributed by atoms with Crippen molar-refractivity contribution in [3.8, 4) is 11.3 Å². The van der Waals surface area contributed by atoms with Gasteiger partial charge in [0, 0.05) is 5.56 Å². The molecule has 1 unspecified atom stereocenters. The number of nitrogens with zero attached hydrogens (tertiary/aromatic N) is 2. The molecular formula is C18H14FN3O4. The van der Waals surface area contributed by atoms with Crippen LogP contribution in [0.1, 0.15) is 18.6 Å². The molecule has 3 aromatic rings. The van der Waals surface area contributed by atoms with Gasteiger partial charge in [0.1, 0.15) is 18.1 Å². The van der Waals surface area contributed by atoms with E-state index in [9.17, 15) is 14.0 Å². The van der Waals surface area contributed by atoms with Crippen LogP contribution in [0.25, 0.3) is 11.3 Å². The molecule has 26 heavy (non-hydrogen) atoms. The first-order valence-corrected chi connectivity index (χ1v) is 7.86. The minimum Gasteiger partial charge on any atom is -0.466 e. The molecule has 0 radical (unpaired) electrons. The highest BCUT2D eigenvalue weighted by atomic mass is 19.1. The van der Waals surface area contributed by atoms with E-state index in [0.717, 1.165) is 4.90 Å². The molecule has 0 spiro atoms. The molecule has 1 aromatic carbocycles. The Bertz CT molecular complexity index is 965. The average molecular weight is 355 g/mol. The van der Waals surface area contributed by atoms with Gasteiger partial charge in [-0.25, -0.2) is 14.2 Å². The van der Waals surface area contributed by atoms with Crippen molar-refractivity contribution in [1.82, 2.24) is 15.2 Å². The van der Waals surface area contributed by atoms with E-state index in [2.05, 4.69) is 10.3 Å². The van der Waals surface area contributed by atoms with E-state index in [1.165, 1.54) is 24.6 Å². The molecule has 1 atom stereocenters. The van der Waals surface area contributed by atoms with Crippen LogP contribution in [0.3, 0.4) is 0 Å². The van der Waals surface area contributed by atoms with Crippen LogP contribution >= 0.6 is 0 Å². The quantitative estimate of drug-likeness (QED) is 0.727. The molecule has 2 aromatic heterocycles. The summed E-state index contributed by atoms with van der Waals surface area (Å²) in [5.74, 6) is 0.138. The van der Waals surface area contributed by atoms with E-state index in [1.54, 1.807) is 31.2 Å². The zero-order valence-corrected chi connectivity index (χ0v) is 13.7. The summed E-state index contributed by atoms with van der Waals surface area (Å²) in [4.78, 5) is 30.1. The molecule has 0 bridgehead atoms. The number of oxazole rings is 1. The third-order valence-electron chi connectivity index (χ3n) is 4.26. The first-order chi connectivity index (χ1) is 12.5. The lowest BCUT2D eigenvalue weighted by Crippen LogP contribution is -2.40. The Balaban J connectivity index is 1.55. The molecule has 1 aliphatic rings. The predicted octanol–water partition coefficient (Wildman–Crippen LogP) is 3.04. The monoisotopic (exact) mass is 355 g/mol. The number of amides is 3. The fraction of sp³-hybridized carbons (Fsp3) is 0.167. The van der Waals surface area contributed by atoms with Crippen molar-refractivity contribution in [1.29, 1.82) is 0 Å². The number of nitrogens with one attached hydrogen (secondary N) is 1. The summed E-state index contributed by atoms with van der Waals surface area (Å²) in [5.41, 5.74) is -0.629. The number of carbonyl (C=O) groups excluding carboxylic acids is 2. The minimum absolute atomic E-state index is 0.123. The molecule has 3 amide bonds. The van der Waals surface area contributed by atoms with Crippen LogP contribution in [0.2, 0.25) is 0 Å². The van der Waals surface area contributed by atoms with Gasteiger partial charge in [-0.05, 0) is 43.3 Å². The van der Waals surface area contributed by atoms with Crippen molar-refractivity contribution in [3.05, 3.63) is 66.3 Å². The minimum atomic E-state index is -1.27. The van der Waals surface area contributed by atoms with Crippen LogP contribution < -0.4 is 5.32 Å². The Labute approximate surface area is 147 Å². The number of carbonyl (C=O) groups is 2. The predicted molar refractivity (Wildman–Crippen MR) is 87.0 cm³/mol. The Morgan fingerprint density at radius 3 is 2.69 bits per heavy atom. The summed E-state index contributed by atoms with van der Waals surface area (Å²) < 4.78 is 23.9. The summed E-state index contributed by atoms with van der Waals surface area (Å²) in [6, 6.07) is 8.44. The van der Waals surface area contributed by atoms with E-state index in [-0.39, 0.29) is 18.3 Å². The summed E-state index contributed by atoms with van der Waals surface area (Å²) >= 11 is 0. The molecular weight excluding hydrogens is 341 g/mol. The summed E-state index contributed by atoms with van der Waals surface area (Å²) in [6.45, 7) is 1.45. The van der Waals surface area contributed by atoms with E-state index in [4.69, 9.17) is 8.83 Å². The highest BCUT2D eigenvalue weighted by Gasteiger charge is 2.51. The number of benzene rings is 1. The molecule has 132 valence electrons. The van der Waals surface area contributed by atoms with Crippen LogP contribution in [-0.2, 0) is 16.9 Å². The molecule has 4 rings (SSSR count). The lowest BCUT2D eigenvalue weighted by Gasteiger charge is -2.18. The molecule has 3 heterocycles. The van der Waals surface area contributed by atoms with Gasteiger partial charge in [-0.3, -0.25) is 9.69 Å². The van der Waals surface area contributed by atoms with Gasteiger partial charge < -0.3 is 14.2 Å². The van der Waals surface area contributed by atoms with Gasteiger partial charge in [0.15, 0.2) is 11.3 Å². The largest absolute Gasteiger partial charge is 0.466 e. The maximum absolute atomic E-state index is 13.0. The molecule has 7 nitrogen and oxygen atoms in total. The van der Waals surface area contributed by atoms with Gasteiger partial charge in [-0.15, -0.1) is 0 Å². The zero-order valence-electron chi connectivity index (χ0n) is 13.7. The number of urea groups is 1. The van der Waals surface area contributed by atoms with Crippen LogP contribution in [0.4, 0.5) is 9.18 Å². The number of hydrogen-bond donors (Lipinski definition) is 1. The first kappa shape index (κ1) is 16.1. The second-order valence-corrected chi connectivity index (χ2v) is 6.05. The lowest BCUT2D eigenvalue weighted by atomic mass is 9.99. The number of aromatic nitrogens is 1. The standard InChI is InChI=1S/C18H14FN3O4/c1-18(14-3-2-8-25-14)16(23)22(17(24)21-18)10-15-20-9-13(26-15)11-4-6-12(19)7-5-11/h2-9H,10H2,1H3,(H,21,24). The topological polar surface area (TPSA) is 88.6 Å². The fourth-order valence-electron chi connectivity index (χ4n) is 2.84. The van der Waals surface area contributed by atoms with Gasteiger partial charge in [0.05, 0.1) is 12.5 Å². The van der Waals surface area contributed by atoms with Gasteiger partial charge >= 0.3 is 6.03 Å². The summed E-state index contributed by atoms with van der Waals surface area (Å²) in [5, 5.41) is 2.63. The molecule has 1 N–H and O–H groups in total. The van der Waals surface area contributed by atoms with Crippen molar-refractivity contribution in [3.63, 3.8) is 0 Å². The number of rotatable bonds is 4. The normalized spacial score (nSPS) is 19.8. The van der Waals surface area contributed by atoms with Crippen molar-refractivity contribution in [2.24, 2.45) is 0 Å². The molecule has 1 fully saturated rings. The molecule has 8 heteroatoms. The third-order valence-corrected chi connectivity index (χ3v) is 4.26. The Morgan fingerprint density at radius 2 is 2.00 bits per heavy atom. The van der Waals surface area contributed by atoms with Gasteiger partial charge in [-0.2, -0.15) is 0 Å². The maximum atomic E-state index is 13.0. The maximum Gasteiger partial charge on any atom is 0.325 e. The fourth-order valence-corrected chi connectivity index (χ4v) is 2.84. The molecule has 0 aliphatic carbocycles. The third kappa shape index (κ3) is 2.55. The van der Waals surface area contributed by atoms with Crippen LogP contribution in [0.15, 0.2) is 57.7 Å². The smallest absolute Gasteiger partial charge is 0.325 e. The van der Waals surface area contributed by atoms with Gasteiger partial charge in [0.25, 0.3) is 5.91 Å². The van der Waals surface area contributed by atoms with Gasteiger partial charge in [-0.1, -0.05) is 0 Å². The van der Waals surface area contributed by atoms with E-state index in [1.807, 2.05) is 0 Å². The molecule has 1 saturated heterocycles. The van der Waals surface area contributed by atoms with Gasteiger partial charge in [0.2, 0.25) is 5.89 Å². The first-order valence-electron chi connectivity index (χ1n) is 7.86. The SMILES string of the molecule is CC1(c2ccco2)NC(=O)N(Cc2ncc(-c3ccc(F)cc3)o2)C1=O. The van der Waals surface area contributed by atoms with E-state index >= 15 is 0 Å². The van der Waals surface area contributed by atoms with Crippen LogP contribution in [0.5, 0.6) is 0 Å². The van der Waals surface area contributed by atoms with Crippen molar-refractivity contribution >= 4 is 11.9 Å². The second kappa shape index (κ2) is 5.83. The number of imide groups is 1. The van der Waals surface area contributed by atoms with E-state index in [0.29, 0.717) is 17.1 Å².